The normalized spacial score (nSPS) is 10.9. The molecule has 0 aliphatic carbocycles. The molecule has 25 heavy (non-hydrogen) atoms. The molecule has 7 nitrogen and oxygen atoms in total. The number of phenols is 1. The Balaban J connectivity index is 1.66. The third kappa shape index (κ3) is 3.86. The Bertz CT molecular complexity index is 887. The SMILES string of the molecule is CCOc1cccc(C=NNC(=O)c2cc(-c3cccs3)[nH]n2)c1O. The fourth-order valence-electron chi connectivity index (χ4n) is 2.13. The molecule has 0 fully saturated rings. The zero-order valence-corrected chi connectivity index (χ0v) is 14.2. The van der Waals surface area contributed by atoms with Crippen LogP contribution in [0.15, 0.2) is 46.9 Å². The first-order chi connectivity index (χ1) is 12.2. The number of carbonyl (C=O) groups is 1. The smallest absolute Gasteiger partial charge is 0.291 e. The summed E-state index contributed by atoms with van der Waals surface area (Å²) in [6.45, 7) is 2.27. The predicted molar refractivity (Wildman–Crippen MR) is 96.2 cm³/mol. The van der Waals surface area contributed by atoms with Gasteiger partial charge in [-0.15, -0.1) is 11.3 Å². The Morgan fingerprint density at radius 1 is 1.44 bits per heavy atom. The number of aromatic nitrogens is 2. The number of nitrogens with zero attached hydrogens (tertiary/aromatic N) is 2. The second kappa shape index (κ2) is 7.63. The topological polar surface area (TPSA) is 99.6 Å². The summed E-state index contributed by atoms with van der Waals surface area (Å²) in [6.07, 6.45) is 1.35. The van der Waals surface area contributed by atoms with Gasteiger partial charge in [-0.05, 0) is 36.6 Å². The zero-order chi connectivity index (χ0) is 17.6. The van der Waals surface area contributed by atoms with Crippen molar-refractivity contribution in [2.45, 2.75) is 6.92 Å². The first-order valence-corrected chi connectivity index (χ1v) is 8.44. The van der Waals surface area contributed by atoms with Crippen LogP contribution in [-0.4, -0.2) is 34.0 Å². The van der Waals surface area contributed by atoms with E-state index in [0.29, 0.717) is 17.9 Å². The number of nitrogens with one attached hydrogen (secondary N) is 2. The third-order valence-electron chi connectivity index (χ3n) is 3.30. The lowest BCUT2D eigenvalue weighted by atomic mass is 10.2. The van der Waals surface area contributed by atoms with Gasteiger partial charge in [0.15, 0.2) is 17.2 Å². The summed E-state index contributed by atoms with van der Waals surface area (Å²) < 4.78 is 5.30. The fourth-order valence-corrected chi connectivity index (χ4v) is 2.82. The van der Waals surface area contributed by atoms with Crippen molar-refractivity contribution in [3.05, 3.63) is 53.0 Å². The molecule has 0 radical (unpaired) electrons. The monoisotopic (exact) mass is 356 g/mol. The molecule has 0 saturated carbocycles. The van der Waals surface area contributed by atoms with Crippen molar-refractivity contribution in [2.75, 3.05) is 6.61 Å². The van der Waals surface area contributed by atoms with Crippen molar-refractivity contribution in [2.24, 2.45) is 5.10 Å². The van der Waals surface area contributed by atoms with Gasteiger partial charge in [-0.25, -0.2) is 5.43 Å². The average Bonchev–Trinajstić information content (AvgIpc) is 3.29. The second-order valence-electron chi connectivity index (χ2n) is 4.97. The summed E-state index contributed by atoms with van der Waals surface area (Å²) >= 11 is 1.55. The Hall–Kier alpha value is -3.13. The van der Waals surface area contributed by atoms with E-state index in [-0.39, 0.29) is 11.4 Å². The summed E-state index contributed by atoms with van der Waals surface area (Å²) in [7, 11) is 0. The summed E-state index contributed by atoms with van der Waals surface area (Å²) in [6, 6.07) is 10.6. The molecular formula is C17H16N4O3S. The molecule has 0 spiro atoms. The molecule has 1 aromatic carbocycles. The minimum absolute atomic E-state index is 0.0258. The van der Waals surface area contributed by atoms with Gasteiger partial charge < -0.3 is 9.84 Å². The van der Waals surface area contributed by atoms with Crippen molar-refractivity contribution in [3.63, 3.8) is 0 Å². The van der Waals surface area contributed by atoms with Crippen molar-refractivity contribution < 1.29 is 14.6 Å². The largest absolute Gasteiger partial charge is 0.504 e. The van der Waals surface area contributed by atoms with E-state index in [2.05, 4.69) is 20.7 Å². The molecule has 3 rings (SSSR count). The number of amides is 1. The molecule has 8 heteroatoms. The number of thiophene rings is 1. The van der Waals surface area contributed by atoms with Crippen LogP contribution in [0.1, 0.15) is 23.0 Å². The third-order valence-corrected chi connectivity index (χ3v) is 4.20. The lowest BCUT2D eigenvalue weighted by Gasteiger charge is -2.06. The van der Waals surface area contributed by atoms with Crippen LogP contribution in [0.4, 0.5) is 0 Å². The van der Waals surface area contributed by atoms with Crippen LogP contribution in [0, 0.1) is 0 Å². The number of hydrogen-bond acceptors (Lipinski definition) is 6. The van der Waals surface area contributed by atoms with E-state index in [9.17, 15) is 9.90 Å². The van der Waals surface area contributed by atoms with Gasteiger partial charge >= 0.3 is 0 Å². The van der Waals surface area contributed by atoms with Gasteiger partial charge in [-0.1, -0.05) is 12.1 Å². The molecule has 0 atom stereocenters. The van der Waals surface area contributed by atoms with Crippen LogP contribution in [-0.2, 0) is 0 Å². The molecule has 3 N–H and O–H groups in total. The summed E-state index contributed by atoms with van der Waals surface area (Å²) in [5.74, 6) is -0.108. The second-order valence-corrected chi connectivity index (χ2v) is 5.92. The lowest BCUT2D eigenvalue weighted by molar-refractivity contribution is 0.0950. The number of ether oxygens (including phenoxy) is 1. The predicted octanol–water partition coefficient (Wildman–Crippen LogP) is 3.01. The average molecular weight is 356 g/mol. The zero-order valence-electron chi connectivity index (χ0n) is 13.4. The van der Waals surface area contributed by atoms with Crippen molar-refractivity contribution in [1.82, 2.24) is 15.6 Å². The van der Waals surface area contributed by atoms with Crippen LogP contribution in [0.5, 0.6) is 11.5 Å². The highest BCUT2D eigenvalue weighted by Gasteiger charge is 2.11. The first-order valence-electron chi connectivity index (χ1n) is 7.56. The van der Waals surface area contributed by atoms with Crippen molar-refractivity contribution in [1.29, 1.82) is 0 Å². The van der Waals surface area contributed by atoms with E-state index in [1.807, 2.05) is 24.4 Å². The molecule has 0 aliphatic heterocycles. The highest BCUT2D eigenvalue weighted by atomic mass is 32.1. The van der Waals surface area contributed by atoms with Crippen LogP contribution in [0.25, 0.3) is 10.6 Å². The summed E-state index contributed by atoms with van der Waals surface area (Å²) in [5.41, 5.74) is 3.82. The Morgan fingerprint density at radius 2 is 2.32 bits per heavy atom. The summed E-state index contributed by atoms with van der Waals surface area (Å²) in [5, 5.41) is 22.7. The van der Waals surface area contributed by atoms with E-state index in [4.69, 9.17) is 4.74 Å². The Morgan fingerprint density at radius 3 is 3.08 bits per heavy atom. The van der Waals surface area contributed by atoms with Crippen LogP contribution in [0.3, 0.4) is 0 Å². The van der Waals surface area contributed by atoms with Crippen LogP contribution >= 0.6 is 11.3 Å². The van der Waals surface area contributed by atoms with Crippen molar-refractivity contribution in [3.8, 4) is 22.1 Å². The molecule has 0 aliphatic rings. The molecule has 0 bridgehead atoms. The number of aromatic amines is 1. The molecule has 2 heterocycles. The minimum atomic E-state index is -0.448. The maximum absolute atomic E-state index is 12.1. The fraction of sp³-hybridized carbons (Fsp3) is 0.118. The van der Waals surface area contributed by atoms with Crippen LogP contribution in [0.2, 0.25) is 0 Å². The van der Waals surface area contributed by atoms with Gasteiger partial charge in [0.25, 0.3) is 5.91 Å². The van der Waals surface area contributed by atoms with E-state index in [1.54, 1.807) is 35.6 Å². The first kappa shape index (κ1) is 16.7. The molecule has 0 saturated heterocycles. The number of phenolic OH excluding ortho intramolecular Hbond substituents is 1. The lowest BCUT2D eigenvalue weighted by Crippen LogP contribution is -2.18. The van der Waals surface area contributed by atoms with Crippen molar-refractivity contribution >= 4 is 23.5 Å². The molecule has 3 aromatic rings. The molecule has 0 unspecified atom stereocenters. The molecule has 128 valence electrons. The van der Waals surface area contributed by atoms with E-state index in [1.165, 1.54) is 6.21 Å². The quantitative estimate of drug-likeness (QED) is 0.467. The van der Waals surface area contributed by atoms with Crippen LogP contribution < -0.4 is 10.2 Å². The van der Waals surface area contributed by atoms with Gasteiger partial charge in [0.1, 0.15) is 0 Å². The van der Waals surface area contributed by atoms with Gasteiger partial charge in [0.05, 0.1) is 23.4 Å². The standard InChI is InChI=1S/C17H16N4O3S/c1-2-24-14-6-3-5-11(16(14)22)10-18-21-17(23)13-9-12(19-20-13)15-7-4-8-25-15/h3-10,22H,2H2,1H3,(H,19,20)(H,21,23). The van der Waals surface area contributed by atoms with Gasteiger partial charge in [0.2, 0.25) is 0 Å². The number of benzene rings is 1. The van der Waals surface area contributed by atoms with E-state index >= 15 is 0 Å². The number of H-pyrrole nitrogens is 1. The minimum Gasteiger partial charge on any atom is -0.504 e. The van der Waals surface area contributed by atoms with E-state index in [0.717, 1.165) is 10.6 Å². The molecule has 1 amide bonds. The maximum atomic E-state index is 12.1. The van der Waals surface area contributed by atoms with Gasteiger partial charge in [-0.3, -0.25) is 9.89 Å². The highest BCUT2D eigenvalue weighted by Crippen LogP contribution is 2.28. The molecule has 2 aromatic heterocycles. The summed E-state index contributed by atoms with van der Waals surface area (Å²) in [4.78, 5) is 13.1. The highest BCUT2D eigenvalue weighted by molar-refractivity contribution is 7.13. The number of hydrogen-bond donors (Lipinski definition) is 3. The van der Waals surface area contributed by atoms with Gasteiger partial charge in [0, 0.05) is 5.56 Å². The number of carbonyl (C=O) groups excluding carboxylic acids is 1. The molecular weight excluding hydrogens is 340 g/mol. The van der Waals surface area contributed by atoms with E-state index < -0.39 is 5.91 Å². The number of para-hydroxylation sites is 1. The Kier molecular flexibility index (Phi) is 5.10. The number of hydrazone groups is 1. The number of rotatable bonds is 6. The number of aromatic hydroxyl groups is 1. The maximum Gasteiger partial charge on any atom is 0.291 e. The van der Waals surface area contributed by atoms with Gasteiger partial charge in [-0.2, -0.15) is 10.2 Å². The Labute approximate surface area is 148 Å².